The van der Waals surface area contributed by atoms with E-state index in [1.54, 1.807) is 12.1 Å². The van der Waals surface area contributed by atoms with Gasteiger partial charge in [0.25, 0.3) is 0 Å². The van der Waals surface area contributed by atoms with E-state index in [2.05, 4.69) is 0 Å². The highest BCUT2D eigenvalue weighted by Gasteiger charge is 2.38. The van der Waals surface area contributed by atoms with Crippen molar-refractivity contribution in [2.75, 3.05) is 10.6 Å². The molecule has 1 aromatic carbocycles. The van der Waals surface area contributed by atoms with Crippen LogP contribution in [0.1, 0.15) is 18.4 Å². The Kier molecular flexibility index (Phi) is 2.24. The van der Waals surface area contributed by atoms with Gasteiger partial charge < -0.3 is 5.11 Å². The molecule has 2 rings (SSSR count). The van der Waals surface area contributed by atoms with E-state index >= 15 is 0 Å². The van der Waals surface area contributed by atoms with Crippen molar-refractivity contribution in [3.05, 3.63) is 29.8 Å². The molecule has 0 saturated carbocycles. The van der Waals surface area contributed by atoms with Crippen LogP contribution in [0.25, 0.3) is 0 Å². The van der Waals surface area contributed by atoms with E-state index in [1.165, 1.54) is 0 Å². The zero-order chi connectivity index (χ0) is 11.2. The van der Waals surface area contributed by atoms with Crippen molar-refractivity contribution < 1.29 is 13.5 Å². The molecule has 0 unspecified atom stereocenters. The number of para-hydroxylation sites is 1. The molecule has 0 radical (unpaired) electrons. The van der Waals surface area contributed by atoms with E-state index in [0.29, 0.717) is 5.69 Å². The Balaban J connectivity index is 2.62. The second kappa shape index (κ2) is 3.21. The number of fused-ring (bicyclic) bond motifs is 1. The molecule has 0 aliphatic carbocycles. The standard InChI is InChI=1S/C10H13NO3S/c1-7-8-5-3-4-6-9(8)11(10(7)12)15(2,13)14/h3-7,10,12H,1-2H3/t7-,10+/m0/s1. The highest BCUT2D eigenvalue weighted by Crippen LogP contribution is 2.40. The smallest absolute Gasteiger partial charge is 0.234 e. The number of hydrogen-bond donors (Lipinski definition) is 1. The van der Waals surface area contributed by atoms with Gasteiger partial charge >= 0.3 is 0 Å². The maximum Gasteiger partial charge on any atom is 0.234 e. The van der Waals surface area contributed by atoms with E-state index < -0.39 is 16.3 Å². The maximum absolute atomic E-state index is 11.5. The normalized spacial score (nSPS) is 25.4. The molecule has 15 heavy (non-hydrogen) atoms. The summed E-state index contributed by atoms with van der Waals surface area (Å²) in [5.74, 6) is -0.184. The Morgan fingerprint density at radius 2 is 1.93 bits per heavy atom. The van der Waals surface area contributed by atoms with Crippen LogP contribution in [0.4, 0.5) is 5.69 Å². The van der Waals surface area contributed by atoms with Crippen LogP contribution in [0.3, 0.4) is 0 Å². The van der Waals surface area contributed by atoms with Gasteiger partial charge in [-0.2, -0.15) is 0 Å². The fourth-order valence-corrected chi connectivity index (χ4v) is 3.05. The van der Waals surface area contributed by atoms with Crippen molar-refractivity contribution in [3.63, 3.8) is 0 Å². The highest BCUT2D eigenvalue weighted by molar-refractivity contribution is 7.92. The lowest BCUT2D eigenvalue weighted by Crippen LogP contribution is -2.37. The van der Waals surface area contributed by atoms with Crippen LogP contribution in [-0.2, 0) is 10.0 Å². The minimum atomic E-state index is -3.41. The van der Waals surface area contributed by atoms with Gasteiger partial charge in [-0.3, -0.25) is 0 Å². The summed E-state index contributed by atoms with van der Waals surface area (Å²) in [5, 5.41) is 9.86. The Morgan fingerprint density at radius 3 is 2.53 bits per heavy atom. The first-order chi connectivity index (χ1) is 6.93. The topological polar surface area (TPSA) is 57.6 Å². The zero-order valence-electron chi connectivity index (χ0n) is 8.58. The molecule has 0 spiro atoms. The minimum Gasteiger partial charge on any atom is -0.372 e. The van der Waals surface area contributed by atoms with Gasteiger partial charge in [-0.15, -0.1) is 0 Å². The molecule has 1 aromatic rings. The van der Waals surface area contributed by atoms with Crippen LogP contribution < -0.4 is 4.31 Å². The van der Waals surface area contributed by atoms with Crippen LogP contribution in [0.2, 0.25) is 0 Å². The average Bonchev–Trinajstić information content (AvgIpc) is 2.39. The van der Waals surface area contributed by atoms with Crippen LogP contribution >= 0.6 is 0 Å². The summed E-state index contributed by atoms with van der Waals surface area (Å²) in [7, 11) is -3.41. The van der Waals surface area contributed by atoms with Gasteiger partial charge in [-0.1, -0.05) is 25.1 Å². The lowest BCUT2D eigenvalue weighted by molar-refractivity contribution is 0.171. The van der Waals surface area contributed by atoms with Gasteiger partial charge in [0.1, 0.15) is 6.23 Å². The molecule has 0 saturated heterocycles. The lowest BCUT2D eigenvalue weighted by Gasteiger charge is -2.22. The first kappa shape index (κ1) is 10.4. The molecule has 1 aliphatic rings. The molecular weight excluding hydrogens is 214 g/mol. The minimum absolute atomic E-state index is 0.184. The van der Waals surface area contributed by atoms with Crippen molar-refractivity contribution in [2.24, 2.45) is 0 Å². The van der Waals surface area contributed by atoms with Crippen molar-refractivity contribution in [2.45, 2.75) is 19.1 Å². The molecule has 0 aromatic heterocycles. The molecular formula is C10H13NO3S. The molecule has 0 amide bonds. The molecule has 2 atom stereocenters. The quantitative estimate of drug-likeness (QED) is 0.775. The van der Waals surface area contributed by atoms with Gasteiger partial charge in [0, 0.05) is 5.92 Å². The number of aliphatic hydroxyl groups excluding tert-OH is 1. The number of rotatable bonds is 1. The SMILES string of the molecule is C[C@H]1c2ccccc2N(S(C)(=O)=O)[C@@H]1O. The number of benzene rings is 1. The largest absolute Gasteiger partial charge is 0.372 e. The summed E-state index contributed by atoms with van der Waals surface area (Å²) in [6.07, 6.45) is 0.114. The molecule has 0 bridgehead atoms. The second-order valence-electron chi connectivity index (χ2n) is 3.82. The summed E-state index contributed by atoms with van der Waals surface area (Å²) < 4.78 is 24.1. The maximum atomic E-state index is 11.5. The van der Waals surface area contributed by atoms with Gasteiger partial charge in [0.15, 0.2) is 0 Å². The molecule has 4 nitrogen and oxygen atoms in total. The highest BCUT2D eigenvalue weighted by atomic mass is 32.2. The average molecular weight is 227 g/mol. The third-order valence-corrected chi connectivity index (χ3v) is 3.84. The van der Waals surface area contributed by atoms with Gasteiger partial charge in [-0.05, 0) is 11.6 Å². The molecule has 1 N–H and O–H groups in total. The van der Waals surface area contributed by atoms with Gasteiger partial charge in [0.2, 0.25) is 10.0 Å². The predicted molar refractivity (Wildman–Crippen MR) is 58.2 cm³/mol. The fraction of sp³-hybridized carbons (Fsp3) is 0.400. The van der Waals surface area contributed by atoms with Crippen molar-refractivity contribution >= 4 is 15.7 Å². The third kappa shape index (κ3) is 1.52. The molecule has 0 fully saturated rings. The van der Waals surface area contributed by atoms with Crippen LogP contribution in [0.15, 0.2) is 24.3 Å². The van der Waals surface area contributed by atoms with E-state index in [4.69, 9.17) is 0 Å². The summed E-state index contributed by atoms with van der Waals surface area (Å²) in [5.41, 5.74) is 1.45. The summed E-state index contributed by atoms with van der Waals surface area (Å²) in [6, 6.07) is 7.16. The Bertz CT molecular complexity index is 483. The van der Waals surface area contributed by atoms with Gasteiger partial charge in [-0.25, -0.2) is 12.7 Å². The Hall–Kier alpha value is -1.07. The summed E-state index contributed by atoms with van der Waals surface area (Å²) >= 11 is 0. The summed E-state index contributed by atoms with van der Waals surface area (Å²) in [6.45, 7) is 1.81. The van der Waals surface area contributed by atoms with Crippen molar-refractivity contribution in [3.8, 4) is 0 Å². The number of hydrogen-bond acceptors (Lipinski definition) is 3. The number of nitrogens with zero attached hydrogens (tertiary/aromatic N) is 1. The number of sulfonamides is 1. The van der Waals surface area contributed by atoms with Crippen LogP contribution in [0, 0.1) is 0 Å². The monoisotopic (exact) mass is 227 g/mol. The Labute approximate surface area is 89.2 Å². The van der Waals surface area contributed by atoms with E-state index in [0.717, 1.165) is 16.1 Å². The number of aliphatic hydroxyl groups is 1. The lowest BCUT2D eigenvalue weighted by atomic mass is 10.0. The number of anilines is 1. The molecule has 1 aliphatic heterocycles. The van der Waals surface area contributed by atoms with Crippen LogP contribution in [0.5, 0.6) is 0 Å². The molecule has 1 heterocycles. The first-order valence-electron chi connectivity index (χ1n) is 4.69. The van der Waals surface area contributed by atoms with Crippen molar-refractivity contribution in [1.29, 1.82) is 0 Å². The predicted octanol–water partition coefficient (Wildman–Crippen LogP) is 0.888. The summed E-state index contributed by atoms with van der Waals surface area (Å²) in [4.78, 5) is 0. The van der Waals surface area contributed by atoms with Crippen LogP contribution in [-0.4, -0.2) is 26.0 Å². The fourth-order valence-electron chi connectivity index (χ4n) is 1.95. The van der Waals surface area contributed by atoms with Crippen molar-refractivity contribution in [1.82, 2.24) is 0 Å². The van der Waals surface area contributed by atoms with Gasteiger partial charge in [0.05, 0.1) is 11.9 Å². The van der Waals surface area contributed by atoms with E-state index in [1.807, 2.05) is 19.1 Å². The first-order valence-corrected chi connectivity index (χ1v) is 6.54. The Morgan fingerprint density at radius 1 is 1.33 bits per heavy atom. The van der Waals surface area contributed by atoms with E-state index in [-0.39, 0.29) is 5.92 Å². The molecule has 5 heteroatoms. The molecule has 82 valence electrons. The second-order valence-corrected chi connectivity index (χ2v) is 5.68. The van der Waals surface area contributed by atoms with E-state index in [9.17, 15) is 13.5 Å². The zero-order valence-corrected chi connectivity index (χ0v) is 9.40. The third-order valence-electron chi connectivity index (χ3n) is 2.71.